The van der Waals surface area contributed by atoms with Crippen molar-refractivity contribution in [3.8, 4) is 0 Å². The Morgan fingerprint density at radius 1 is 1.31 bits per heavy atom. The number of carboxylic acid groups (broad SMARTS) is 1. The van der Waals surface area contributed by atoms with E-state index in [2.05, 4.69) is 0 Å². The number of carbonyl (C=O) groups excluding carboxylic acids is 1. The molecule has 0 amide bonds. The molecule has 0 aromatic rings. The van der Waals surface area contributed by atoms with E-state index in [1.165, 1.54) is 13.0 Å². The first kappa shape index (κ1) is 11.7. The fourth-order valence-corrected chi connectivity index (χ4v) is 0.662. The first-order valence-electron chi connectivity index (χ1n) is 3.91. The quantitative estimate of drug-likeness (QED) is 0.306. The van der Waals surface area contributed by atoms with E-state index in [4.69, 9.17) is 9.84 Å². The summed E-state index contributed by atoms with van der Waals surface area (Å²) in [7, 11) is 0. The van der Waals surface area contributed by atoms with Crippen LogP contribution in [0.5, 0.6) is 0 Å². The lowest BCUT2D eigenvalue weighted by Crippen LogP contribution is -2.27. The number of aliphatic carboxylic acids is 1. The van der Waals surface area contributed by atoms with Crippen molar-refractivity contribution in [2.24, 2.45) is 0 Å². The van der Waals surface area contributed by atoms with Crippen LogP contribution in [0.25, 0.3) is 0 Å². The van der Waals surface area contributed by atoms with Crippen molar-refractivity contribution < 1.29 is 19.4 Å². The highest BCUT2D eigenvalue weighted by Gasteiger charge is 2.23. The highest BCUT2D eigenvalue weighted by atomic mass is 16.6. The summed E-state index contributed by atoms with van der Waals surface area (Å²) in [6.07, 6.45) is 1.22. The third-order valence-electron chi connectivity index (χ3n) is 1.14. The zero-order valence-corrected chi connectivity index (χ0v) is 8.25. The van der Waals surface area contributed by atoms with Crippen molar-refractivity contribution >= 4 is 11.9 Å². The predicted molar refractivity (Wildman–Crippen MR) is 47.2 cm³/mol. The molecule has 0 aromatic heterocycles. The first-order chi connectivity index (χ1) is 5.78. The van der Waals surface area contributed by atoms with Gasteiger partial charge in [-0.15, -0.1) is 0 Å². The number of rotatable bonds is 2. The summed E-state index contributed by atoms with van der Waals surface area (Å²) in [5.74, 6) is -2.07. The van der Waals surface area contributed by atoms with Crippen molar-refractivity contribution in [3.63, 3.8) is 0 Å². The molecule has 0 aliphatic heterocycles. The van der Waals surface area contributed by atoms with Gasteiger partial charge in [-0.3, -0.25) is 0 Å². The smallest absolute Gasteiger partial charge is 0.345 e. The van der Waals surface area contributed by atoms with Gasteiger partial charge in [-0.2, -0.15) is 0 Å². The number of hydrogen-bond donors (Lipinski definition) is 1. The number of esters is 1. The normalized spacial score (nSPS) is 12.5. The van der Waals surface area contributed by atoms with Crippen LogP contribution in [0.2, 0.25) is 0 Å². The van der Waals surface area contributed by atoms with Gasteiger partial charge >= 0.3 is 11.9 Å². The Kier molecular flexibility index (Phi) is 3.66. The van der Waals surface area contributed by atoms with Crippen molar-refractivity contribution in [1.29, 1.82) is 0 Å². The average molecular weight is 186 g/mol. The molecule has 74 valence electrons. The van der Waals surface area contributed by atoms with Gasteiger partial charge in [0.1, 0.15) is 11.2 Å². The molecule has 0 spiro atoms. The maximum Gasteiger partial charge on any atom is 0.345 e. The maximum absolute atomic E-state index is 11.2. The lowest BCUT2D eigenvalue weighted by atomic mass is 10.2. The van der Waals surface area contributed by atoms with Gasteiger partial charge < -0.3 is 9.84 Å². The summed E-state index contributed by atoms with van der Waals surface area (Å²) >= 11 is 0. The van der Waals surface area contributed by atoms with Gasteiger partial charge in [-0.25, -0.2) is 9.59 Å². The van der Waals surface area contributed by atoms with Crippen molar-refractivity contribution in [2.75, 3.05) is 0 Å². The summed E-state index contributed by atoms with van der Waals surface area (Å²) in [4.78, 5) is 21.6. The number of hydrogen-bond acceptors (Lipinski definition) is 3. The van der Waals surface area contributed by atoms with Gasteiger partial charge in [0.05, 0.1) is 0 Å². The van der Waals surface area contributed by atoms with Crippen LogP contribution in [-0.4, -0.2) is 22.6 Å². The number of allylic oxidation sites excluding steroid dienone is 1. The topological polar surface area (TPSA) is 63.6 Å². The highest BCUT2D eigenvalue weighted by Crippen LogP contribution is 2.10. The first-order valence-corrected chi connectivity index (χ1v) is 3.91. The van der Waals surface area contributed by atoms with Crippen LogP contribution in [0.4, 0.5) is 0 Å². The molecule has 4 heteroatoms. The van der Waals surface area contributed by atoms with E-state index in [1.54, 1.807) is 20.8 Å². The summed E-state index contributed by atoms with van der Waals surface area (Å²) in [6, 6.07) is 0. The van der Waals surface area contributed by atoms with Gasteiger partial charge in [0, 0.05) is 0 Å². The largest absolute Gasteiger partial charge is 0.477 e. The van der Waals surface area contributed by atoms with Crippen molar-refractivity contribution in [1.82, 2.24) is 0 Å². The molecule has 0 bridgehead atoms. The summed E-state index contributed by atoms with van der Waals surface area (Å²) in [5, 5.41) is 8.57. The SMILES string of the molecule is CC=C(C(=O)O)C(=O)OC(C)(C)C. The Morgan fingerprint density at radius 3 is 2.00 bits per heavy atom. The van der Waals surface area contributed by atoms with E-state index in [1.807, 2.05) is 0 Å². The molecule has 1 N–H and O–H groups in total. The Bertz CT molecular complexity index is 245. The molecule has 0 saturated carbocycles. The van der Waals surface area contributed by atoms with Crippen LogP contribution in [-0.2, 0) is 14.3 Å². The average Bonchev–Trinajstić information content (AvgIpc) is 1.82. The zero-order valence-electron chi connectivity index (χ0n) is 8.25. The molecule has 0 atom stereocenters. The molecule has 0 heterocycles. The molecule has 0 rings (SSSR count). The molecular formula is C9H14O4. The number of ether oxygens (including phenoxy) is 1. The molecule has 0 saturated heterocycles. The van der Waals surface area contributed by atoms with E-state index in [0.717, 1.165) is 0 Å². The second-order valence-corrected chi connectivity index (χ2v) is 3.51. The minimum atomic E-state index is -1.27. The van der Waals surface area contributed by atoms with Crippen LogP contribution in [0.1, 0.15) is 27.7 Å². The Hall–Kier alpha value is -1.32. The van der Waals surface area contributed by atoms with Crippen LogP contribution < -0.4 is 0 Å². The summed E-state index contributed by atoms with van der Waals surface area (Å²) in [6.45, 7) is 6.52. The molecule has 0 aromatic carbocycles. The predicted octanol–water partition coefficient (Wildman–Crippen LogP) is 1.36. The van der Waals surface area contributed by atoms with Crippen LogP contribution in [0.3, 0.4) is 0 Å². The van der Waals surface area contributed by atoms with E-state index >= 15 is 0 Å². The third-order valence-corrected chi connectivity index (χ3v) is 1.14. The van der Waals surface area contributed by atoms with Crippen LogP contribution >= 0.6 is 0 Å². The summed E-state index contributed by atoms with van der Waals surface area (Å²) in [5.41, 5.74) is -1.00. The Labute approximate surface area is 77.2 Å². The molecule has 0 fully saturated rings. The minimum Gasteiger partial charge on any atom is -0.477 e. The van der Waals surface area contributed by atoms with E-state index in [9.17, 15) is 9.59 Å². The van der Waals surface area contributed by atoms with Gasteiger partial charge in [-0.1, -0.05) is 6.08 Å². The van der Waals surface area contributed by atoms with Gasteiger partial charge in [0.25, 0.3) is 0 Å². The standard InChI is InChI=1S/C9H14O4/c1-5-6(7(10)11)8(12)13-9(2,3)4/h5H,1-4H3,(H,10,11). The van der Waals surface area contributed by atoms with E-state index < -0.39 is 17.5 Å². The molecular weight excluding hydrogens is 172 g/mol. The lowest BCUT2D eigenvalue weighted by molar-refractivity contribution is -0.152. The van der Waals surface area contributed by atoms with Crippen LogP contribution in [0, 0.1) is 0 Å². The fourth-order valence-electron chi connectivity index (χ4n) is 0.662. The number of carbonyl (C=O) groups is 2. The van der Waals surface area contributed by atoms with Crippen LogP contribution in [0.15, 0.2) is 11.6 Å². The Morgan fingerprint density at radius 2 is 1.77 bits per heavy atom. The molecule has 13 heavy (non-hydrogen) atoms. The van der Waals surface area contributed by atoms with Gasteiger partial charge in [-0.05, 0) is 27.7 Å². The minimum absolute atomic E-state index is 0.338. The Balaban J connectivity index is 4.52. The second kappa shape index (κ2) is 4.07. The van der Waals surface area contributed by atoms with Gasteiger partial charge in [0.15, 0.2) is 0 Å². The maximum atomic E-state index is 11.2. The van der Waals surface area contributed by atoms with Crippen molar-refractivity contribution in [2.45, 2.75) is 33.3 Å². The highest BCUT2D eigenvalue weighted by molar-refractivity contribution is 6.13. The molecule has 0 aliphatic rings. The van der Waals surface area contributed by atoms with Gasteiger partial charge in [0.2, 0.25) is 0 Å². The summed E-state index contributed by atoms with van der Waals surface area (Å²) < 4.78 is 4.86. The van der Waals surface area contributed by atoms with E-state index in [0.29, 0.717) is 0 Å². The fraction of sp³-hybridized carbons (Fsp3) is 0.556. The second-order valence-electron chi connectivity index (χ2n) is 3.51. The molecule has 4 nitrogen and oxygen atoms in total. The number of carboxylic acids is 1. The molecule has 0 aliphatic carbocycles. The zero-order chi connectivity index (χ0) is 10.6. The third kappa shape index (κ3) is 4.30. The van der Waals surface area contributed by atoms with Crippen molar-refractivity contribution in [3.05, 3.63) is 11.6 Å². The monoisotopic (exact) mass is 186 g/mol. The molecule has 0 unspecified atom stereocenters. The molecule has 0 radical (unpaired) electrons. The lowest BCUT2D eigenvalue weighted by Gasteiger charge is -2.19. The van der Waals surface area contributed by atoms with E-state index in [-0.39, 0.29) is 5.57 Å².